The van der Waals surface area contributed by atoms with Crippen molar-refractivity contribution in [1.82, 2.24) is 10.1 Å². The molecule has 7 heteroatoms. The number of hydrogen-bond donors (Lipinski definition) is 1. The highest BCUT2D eigenvalue weighted by Gasteiger charge is 2.28. The Hall–Kier alpha value is -3.74. The van der Waals surface area contributed by atoms with E-state index in [4.69, 9.17) is 4.52 Å². The van der Waals surface area contributed by atoms with Crippen LogP contribution in [0.15, 0.2) is 59.1 Å². The fraction of sp³-hybridized carbons (Fsp3) is 0.182. The van der Waals surface area contributed by atoms with E-state index in [2.05, 4.69) is 10.5 Å². The number of nitrogens with zero attached hydrogens (tertiary/aromatic N) is 2. The van der Waals surface area contributed by atoms with Crippen LogP contribution in [0.4, 0.5) is 5.69 Å². The summed E-state index contributed by atoms with van der Waals surface area (Å²) in [6.45, 7) is 1.94. The number of anilines is 1. The van der Waals surface area contributed by atoms with Crippen LogP contribution in [0.25, 0.3) is 11.3 Å². The Morgan fingerprint density at radius 3 is 2.34 bits per heavy atom. The number of imide groups is 1. The molecule has 0 atom stereocenters. The molecule has 7 nitrogen and oxygen atoms in total. The fourth-order valence-corrected chi connectivity index (χ4v) is 3.30. The molecule has 0 saturated carbocycles. The third-order valence-corrected chi connectivity index (χ3v) is 4.84. The van der Waals surface area contributed by atoms with Crippen LogP contribution < -0.4 is 5.32 Å². The van der Waals surface area contributed by atoms with Gasteiger partial charge < -0.3 is 9.84 Å². The highest BCUT2D eigenvalue weighted by atomic mass is 16.5. The summed E-state index contributed by atoms with van der Waals surface area (Å²) in [7, 11) is 0. The molecule has 0 radical (unpaired) electrons. The summed E-state index contributed by atoms with van der Waals surface area (Å²) in [5.41, 5.74) is 3.08. The number of hydrogen-bond acceptors (Lipinski definition) is 5. The molecule has 4 rings (SSSR count). The molecule has 0 spiro atoms. The lowest BCUT2D eigenvalue weighted by Crippen LogP contribution is -2.28. The predicted octanol–water partition coefficient (Wildman–Crippen LogP) is 3.55. The Kier molecular flexibility index (Phi) is 4.95. The molecule has 29 heavy (non-hydrogen) atoms. The van der Waals surface area contributed by atoms with Crippen LogP contribution in [0.3, 0.4) is 0 Å². The summed E-state index contributed by atoms with van der Waals surface area (Å²) < 4.78 is 5.24. The maximum atomic E-state index is 12.8. The van der Waals surface area contributed by atoms with Crippen LogP contribution in [-0.4, -0.2) is 27.8 Å². The Morgan fingerprint density at radius 1 is 1.03 bits per heavy atom. The third kappa shape index (κ3) is 3.80. The van der Waals surface area contributed by atoms with Gasteiger partial charge in [-0.25, -0.2) is 0 Å². The first-order valence-electron chi connectivity index (χ1n) is 9.28. The van der Waals surface area contributed by atoms with E-state index in [0.717, 1.165) is 11.1 Å². The van der Waals surface area contributed by atoms with E-state index in [1.165, 1.54) is 4.90 Å². The van der Waals surface area contributed by atoms with Crippen LogP contribution in [0.5, 0.6) is 0 Å². The smallest absolute Gasteiger partial charge is 0.261 e. The van der Waals surface area contributed by atoms with Gasteiger partial charge in [0.2, 0.25) is 11.8 Å². The Bertz CT molecular complexity index is 1060. The van der Waals surface area contributed by atoms with E-state index < -0.39 is 0 Å². The molecular formula is C22H19N3O4. The number of carbonyl (C=O) groups excluding carboxylic acids is 3. The van der Waals surface area contributed by atoms with Crippen molar-refractivity contribution in [2.45, 2.75) is 26.3 Å². The summed E-state index contributed by atoms with van der Waals surface area (Å²) in [6, 6.07) is 16.4. The first kappa shape index (κ1) is 18.6. The zero-order valence-corrected chi connectivity index (χ0v) is 15.8. The number of benzene rings is 2. The molecule has 1 N–H and O–H groups in total. The standard InChI is InChI=1S/C22H19N3O4/c1-14-20(21(24-29-14)16-5-3-2-4-6-16)22(28)23-17-9-7-15(8-10-17)13-25-18(26)11-12-19(25)27/h2-10H,11-13H2,1H3,(H,23,28). The number of nitrogens with one attached hydrogen (secondary N) is 1. The minimum absolute atomic E-state index is 0.149. The molecule has 3 amide bonds. The molecule has 0 bridgehead atoms. The summed E-state index contributed by atoms with van der Waals surface area (Å²) in [4.78, 5) is 37.6. The molecule has 0 aliphatic carbocycles. The fourth-order valence-electron chi connectivity index (χ4n) is 3.30. The first-order chi connectivity index (χ1) is 14.0. The topological polar surface area (TPSA) is 92.5 Å². The van der Waals surface area contributed by atoms with Crippen molar-refractivity contribution in [1.29, 1.82) is 0 Å². The summed E-state index contributed by atoms with van der Waals surface area (Å²) in [5, 5.41) is 6.88. The zero-order valence-electron chi connectivity index (χ0n) is 15.8. The number of aromatic nitrogens is 1. The van der Waals surface area contributed by atoms with Crippen LogP contribution in [0.2, 0.25) is 0 Å². The number of likely N-dealkylation sites (tertiary alicyclic amines) is 1. The van der Waals surface area contributed by atoms with Gasteiger partial charge in [-0.3, -0.25) is 19.3 Å². The van der Waals surface area contributed by atoms with Crippen molar-refractivity contribution < 1.29 is 18.9 Å². The molecule has 1 fully saturated rings. The minimum atomic E-state index is -0.319. The SMILES string of the molecule is Cc1onc(-c2ccccc2)c1C(=O)Nc1ccc(CN2C(=O)CCC2=O)cc1. The molecule has 1 aliphatic heterocycles. The first-order valence-corrected chi connectivity index (χ1v) is 9.28. The Morgan fingerprint density at radius 2 is 1.69 bits per heavy atom. The molecule has 146 valence electrons. The van der Waals surface area contributed by atoms with E-state index in [9.17, 15) is 14.4 Å². The lowest BCUT2D eigenvalue weighted by molar-refractivity contribution is -0.139. The van der Waals surface area contributed by atoms with Crippen LogP contribution in [0, 0.1) is 6.92 Å². The largest absolute Gasteiger partial charge is 0.360 e. The molecule has 2 heterocycles. The highest BCUT2D eigenvalue weighted by molar-refractivity contribution is 6.08. The van der Waals surface area contributed by atoms with E-state index >= 15 is 0 Å². The molecule has 2 aromatic carbocycles. The number of amides is 3. The van der Waals surface area contributed by atoms with Gasteiger partial charge in [-0.05, 0) is 24.6 Å². The average molecular weight is 389 g/mol. The van der Waals surface area contributed by atoms with Crippen molar-refractivity contribution in [2.24, 2.45) is 0 Å². The summed E-state index contributed by atoms with van der Waals surface area (Å²) in [6.07, 6.45) is 0.545. The van der Waals surface area contributed by atoms with Gasteiger partial charge in [0.1, 0.15) is 17.0 Å². The van der Waals surface area contributed by atoms with Crippen molar-refractivity contribution in [3.05, 3.63) is 71.5 Å². The molecule has 3 aromatic rings. The van der Waals surface area contributed by atoms with Gasteiger partial charge in [-0.15, -0.1) is 0 Å². The predicted molar refractivity (Wildman–Crippen MR) is 106 cm³/mol. The van der Waals surface area contributed by atoms with Crippen LogP contribution in [-0.2, 0) is 16.1 Å². The van der Waals surface area contributed by atoms with Crippen molar-refractivity contribution >= 4 is 23.4 Å². The second-order valence-corrected chi connectivity index (χ2v) is 6.85. The van der Waals surface area contributed by atoms with E-state index in [-0.39, 0.29) is 37.1 Å². The van der Waals surface area contributed by atoms with E-state index in [1.54, 1.807) is 31.2 Å². The number of carbonyl (C=O) groups is 3. The van der Waals surface area contributed by atoms with Gasteiger partial charge in [0.05, 0.1) is 6.54 Å². The number of rotatable bonds is 5. The van der Waals surface area contributed by atoms with Crippen molar-refractivity contribution in [3.63, 3.8) is 0 Å². The zero-order chi connectivity index (χ0) is 20.4. The number of aryl methyl sites for hydroxylation is 1. The molecular weight excluding hydrogens is 370 g/mol. The lowest BCUT2D eigenvalue weighted by Gasteiger charge is -2.14. The van der Waals surface area contributed by atoms with Crippen LogP contribution >= 0.6 is 0 Å². The third-order valence-electron chi connectivity index (χ3n) is 4.84. The Labute approximate surface area is 167 Å². The highest BCUT2D eigenvalue weighted by Crippen LogP contribution is 2.26. The maximum absolute atomic E-state index is 12.8. The van der Waals surface area contributed by atoms with E-state index in [1.807, 2.05) is 30.3 Å². The maximum Gasteiger partial charge on any atom is 0.261 e. The van der Waals surface area contributed by atoms with Gasteiger partial charge in [0, 0.05) is 24.1 Å². The average Bonchev–Trinajstić information content (AvgIpc) is 3.27. The summed E-state index contributed by atoms with van der Waals surface area (Å²) in [5.74, 6) is -0.184. The quantitative estimate of drug-likeness (QED) is 0.674. The van der Waals surface area contributed by atoms with Gasteiger partial charge in [0.25, 0.3) is 5.91 Å². The second-order valence-electron chi connectivity index (χ2n) is 6.85. The Balaban J connectivity index is 1.49. The van der Waals surface area contributed by atoms with Crippen LogP contribution in [0.1, 0.15) is 34.5 Å². The van der Waals surface area contributed by atoms with Crippen molar-refractivity contribution in [3.8, 4) is 11.3 Å². The second kappa shape index (κ2) is 7.71. The molecule has 0 unspecified atom stereocenters. The minimum Gasteiger partial charge on any atom is -0.360 e. The van der Waals surface area contributed by atoms with Gasteiger partial charge >= 0.3 is 0 Å². The van der Waals surface area contributed by atoms with Gasteiger partial charge in [-0.2, -0.15) is 0 Å². The van der Waals surface area contributed by atoms with Gasteiger partial charge in [0.15, 0.2) is 0 Å². The monoisotopic (exact) mass is 389 g/mol. The molecule has 1 saturated heterocycles. The van der Waals surface area contributed by atoms with Crippen molar-refractivity contribution in [2.75, 3.05) is 5.32 Å². The summed E-state index contributed by atoms with van der Waals surface area (Å²) >= 11 is 0. The lowest BCUT2D eigenvalue weighted by atomic mass is 10.1. The van der Waals surface area contributed by atoms with E-state index in [0.29, 0.717) is 22.7 Å². The molecule has 1 aliphatic rings. The van der Waals surface area contributed by atoms with Gasteiger partial charge in [-0.1, -0.05) is 47.6 Å². The molecule has 1 aromatic heterocycles. The normalized spacial score (nSPS) is 13.8.